The van der Waals surface area contributed by atoms with E-state index in [0.717, 1.165) is 0 Å². The second kappa shape index (κ2) is 4.21. The van der Waals surface area contributed by atoms with Crippen LogP contribution in [0.3, 0.4) is 0 Å². The maximum atomic E-state index is 11.1. The average molecular weight is 384 g/mol. The Morgan fingerprint density at radius 2 is 1.71 bits per heavy atom. The van der Waals surface area contributed by atoms with Gasteiger partial charge in [-0.05, 0) is 6.07 Å². The first-order chi connectivity index (χ1) is 5.61. The van der Waals surface area contributed by atoms with E-state index in [-0.39, 0.29) is 37.0 Å². The van der Waals surface area contributed by atoms with Crippen LogP contribution in [0.15, 0.2) is 29.2 Å². The Balaban J connectivity index is 0.000000845. The van der Waals surface area contributed by atoms with Crippen LogP contribution in [0, 0.1) is 0 Å². The number of hydrogen-bond donors (Lipinski definition) is 0. The third kappa shape index (κ3) is 1.87. The second-order valence-electron chi connectivity index (χ2n) is 2.37. The Kier molecular flexibility index (Phi) is 3.99. The molecule has 0 saturated carbocycles. The van der Waals surface area contributed by atoms with Gasteiger partial charge in [0.05, 0.1) is 10.8 Å². The van der Waals surface area contributed by atoms with Gasteiger partial charge in [-0.2, -0.15) is 0 Å². The van der Waals surface area contributed by atoms with Crippen molar-refractivity contribution >= 4 is 15.9 Å². The molecule has 0 bridgehead atoms. The minimum atomic E-state index is -3.68. The molecule has 1 amide bonds. The number of sulfonamides is 1. The monoisotopic (exact) mass is 384 g/mol. The fourth-order valence-electron chi connectivity index (χ4n) is 1.08. The Labute approximate surface area is 95.1 Å². The van der Waals surface area contributed by atoms with E-state index in [1.165, 1.54) is 12.1 Å². The summed E-state index contributed by atoms with van der Waals surface area (Å²) in [7, 11) is -3.68. The molecule has 5 nitrogen and oxygen atoms in total. The van der Waals surface area contributed by atoms with Crippen molar-refractivity contribution in [3.63, 3.8) is 0 Å². The van der Waals surface area contributed by atoms with Gasteiger partial charge >= 0.3 is 0 Å². The molecular formula is C7H6NO4SW-. The first kappa shape index (κ1) is 13.3. The fraction of sp³-hybridized carbons (Fsp3) is 0. The summed E-state index contributed by atoms with van der Waals surface area (Å²) in [6.45, 7) is 0. The summed E-state index contributed by atoms with van der Waals surface area (Å²) in [5.74, 6) is -0.675. The number of amides is 1. The van der Waals surface area contributed by atoms with Gasteiger partial charge in [-0.15, -0.1) is 0 Å². The van der Waals surface area contributed by atoms with Crippen LogP contribution in [0.1, 0.15) is 10.4 Å². The molecule has 1 aromatic carbocycles. The third-order valence-electron chi connectivity index (χ3n) is 1.60. The van der Waals surface area contributed by atoms with Gasteiger partial charge in [0.25, 0.3) is 0 Å². The van der Waals surface area contributed by atoms with Crippen LogP contribution >= 0.6 is 0 Å². The number of benzene rings is 1. The molecule has 0 spiro atoms. The van der Waals surface area contributed by atoms with Crippen molar-refractivity contribution in [2.75, 3.05) is 0 Å². The molecule has 0 atom stereocenters. The maximum absolute atomic E-state index is 11.1. The molecular weight excluding hydrogens is 378 g/mol. The van der Waals surface area contributed by atoms with E-state index in [1.54, 1.807) is 12.1 Å². The standard InChI is InChI=1S/C7H5NO3S.H2O.W/c9-7-5-3-1-2-4-6(5)12(10,11)8-7;;/h1-4H,(H,8,9);1H2;/p-1. The van der Waals surface area contributed by atoms with E-state index in [1.807, 2.05) is 0 Å². The normalized spacial score (nSPS) is 15.9. The summed E-state index contributed by atoms with van der Waals surface area (Å²) in [6.07, 6.45) is 0. The molecule has 0 radical (unpaired) electrons. The largest absolute Gasteiger partial charge is 0.537 e. The molecule has 76 valence electrons. The molecule has 2 rings (SSSR count). The summed E-state index contributed by atoms with van der Waals surface area (Å²) in [5, 5.41) is 0. The number of carbonyl (C=O) groups is 1. The predicted molar refractivity (Wildman–Crippen MR) is 44.9 cm³/mol. The summed E-state index contributed by atoms with van der Waals surface area (Å²) >= 11 is 0. The molecule has 0 aliphatic carbocycles. The molecule has 0 saturated heterocycles. The van der Waals surface area contributed by atoms with Crippen molar-refractivity contribution in [3.8, 4) is 0 Å². The van der Waals surface area contributed by atoms with Crippen molar-refractivity contribution in [3.05, 3.63) is 34.6 Å². The van der Waals surface area contributed by atoms with Gasteiger partial charge in [0, 0.05) is 26.6 Å². The van der Waals surface area contributed by atoms with Crippen LogP contribution in [-0.2, 0) is 31.1 Å². The topological polar surface area (TPSA) is 96.8 Å². The minimum Gasteiger partial charge on any atom is -0.537 e. The zero-order chi connectivity index (χ0) is 8.77. The Morgan fingerprint density at radius 1 is 1.14 bits per heavy atom. The van der Waals surface area contributed by atoms with Crippen LogP contribution in [-0.4, -0.2) is 19.8 Å². The van der Waals surface area contributed by atoms with Crippen molar-refractivity contribution in [1.82, 2.24) is 0 Å². The molecule has 1 aliphatic rings. The van der Waals surface area contributed by atoms with Gasteiger partial charge in [-0.25, -0.2) is 8.42 Å². The van der Waals surface area contributed by atoms with Crippen molar-refractivity contribution < 1.29 is 39.8 Å². The Hall–Kier alpha value is -0.712. The number of carbonyl (C=O) groups excluding carboxylic acids is 1. The van der Waals surface area contributed by atoms with Crippen molar-refractivity contribution in [1.29, 1.82) is 0 Å². The summed E-state index contributed by atoms with van der Waals surface area (Å²) in [4.78, 5) is 10.9. The third-order valence-corrected chi connectivity index (χ3v) is 2.92. The SMILES string of the molecule is O.O=C1[N-]S(=O)(=O)c2ccccc21.[W]. The number of fused-ring (bicyclic) bond motifs is 1. The van der Waals surface area contributed by atoms with Crippen molar-refractivity contribution in [2.45, 2.75) is 4.90 Å². The van der Waals surface area contributed by atoms with Crippen LogP contribution in [0.4, 0.5) is 0 Å². The predicted octanol–water partition coefficient (Wildman–Crippen LogP) is 0.0756. The van der Waals surface area contributed by atoms with Crippen LogP contribution in [0.25, 0.3) is 4.72 Å². The van der Waals surface area contributed by atoms with E-state index in [9.17, 15) is 13.2 Å². The summed E-state index contributed by atoms with van der Waals surface area (Å²) in [6, 6.07) is 5.99. The van der Waals surface area contributed by atoms with E-state index in [0.29, 0.717) is 0 Å². The maximum Gasteiger partial charge on any atom is 0.126 e. The average Bonchev–Trinajstić information content (AvgIpc) is 2.25. The van der Waals surface area contributed by atoms with Crippen molar-refractivity contribution in [2.24, 2.45) is 0 Å². The van der Waals surface area contributed by atoms with Gasteiger partial charge < -0.3 is 15.0 Å². The molecule has 14 heavy (non-hydrogen) atoms. The second-order valence-corrected chi connectivity index (χ2v) is 3.94. The number of hydrogen-bond acceptors (Lipinski definition) is 3. The van der Waals surface area contributed by atoms with Gasteiger partial charge in [-0.1, -0.05) is 18.2 Å². The molecule has 1 aromatic rings. The zero-order valence-electron chi connectivity index (χ0n) is 6.80. The molecule has 2 N–H and O–H groups in total. The molecule has 7 heteroatoms. The smallest absolute Gasteiger partial charge is 0.126 e. The van der Waals surface area contributed by atoms with E-state index >= 15 is 0 Å². The Bertz CT molecular complexity index is 457. The van der Waals surface area contributed by atoms with E-state index in [2.05, 4.69) is 4.72 Å². The summed E-state index contributed by atoms with van der Waals surface area (Å²) < 4.78 is 25.2. The molecule has 1 aliphatic heterocycles. The molecule has 1 heterocycles. The van der Waals surface area contributed by atoms with Gasteiger partial charge in [-0.3, -0.25) is 0 Å². The van der Waals surface area contributed by atoms with Crippen LogP contribution < -0.4 is 0 Å². The van der Waals surface area contributed by atoms with Crippen LogP contribution in [0.5, 0.6) is 0 Å². The number of nitrogens with zero attached hydrogens (tertiary/aromatic N) is 1. The van der Waals surface area contributed by atoms with Gasteiger partial charge in [0.15, 0.2) is 0 Å². The van der Waals surface area contributed by atoms with Gasteiger partial charge in [0.2, 0.25) is 0 Å². The van der Waals surface area contributed by atoms with Crippen LogP contribution in [0.2, 0.25) is 0 Å². The fourth-order valence-corrected chi connectivity index (χ4v) is 2.17. The summed E-state index contributed by atoms with van der Waals surface area (Å²) in [5.41, 5.74) is 0.164. The number of rotatable bonds is 0. The molecule has 0 aromatic heterocycles. The Morgan fingerprint density at radius 3 is 2.29 bits per heavy atom. The first-order valence-electron chi connectivity index (χ1n) is 3.23. The first-order valence-corrected chi connectivity index (χ1v) is 4.67. The van der Waals surface area contributed by atoms with E-state index in [4.69, 9.17) is 0 Å². The minimum absolute atomic E-state index is 0. The molecule has 0 fully saturated rings. The van der Waals surface area contributed by atoms with E-state index < -0.39 is 15.9 Å². The quantitative estimate of drug-likeness (QED) is 0.634. The molecule has 0 unspecified atom stereocenters. The zero-order valence-corrected chi connectivity index (χ0v) is 10.5. The van der Waals surface area contributed by atoms with Gasteiger partial charge in [0.1, 0.15) is 10.0 Å².